The first-order chi connectivity index (χ1) is 9.49. The largest absolute Gasteiger partial charge is 0.469 e. The van der Waals surface area contributed by atoms with Gasteiger partial charge in [-0.2, -0.15) is 0 Å². The molecule has 0 spiro atoms. The van der Waals surface area contributed by atoms with E-state index in [1.807, 2.05) is 5.38 Å². The summed E-state index contributed by atoms with van der Waals surface area (Å²) in [6.07, 6.45) is 0.228. The summed E-state index contributed by atoms with van der Waals surface area (Å²) in [6.45, 7) is 3.60. The molecule has 20 heavy (non-hydrogen) atoms. The second kappa shape index (κ2) is 6.05. The summed E-state index contributed by atoms with van der Waals surface area (Å²) in [5.74, 6) is 0.733. The second-order valence-electron chi connectivity index (χ2n) is 4.47. The van der Waals surface area contributed by atoms with Gasteiger partial charge in [-0.25, -0.2) is 4.39 Å². The monoisotopic (exact) mass is 294 g/mol. The van der Waals surface area contributed by atoms with Crippen LogP contribution in [-0.2, 0) is 16.0 Å². The maximum atomic E-state index is 13.2. The Hall–Kier alpha value is -1.88. The number of hydrogen-bond donors (Lipinski definition) is 0. The average Bonchev–Trinajstić information content (AvgIpc) is 2.81. The first kappa shape index (κ1) is 14.5. The number of rotatable bonds is 4. The maximum absolute atomic E-state index is 13.2. The molecule has 0 radical (unpaired) electrons. The van der Waals surface area contributed by atoms with Gasteiger partial charge < -0.3 is 9.47 Å². The Bertz CT molecular complexity index is 611. The molecule has 0 N–H and O–H groups in total. The van der Waals surface area contributed by atoms with Crippen LogP contribution in [0.1, 0.15) is 16.0 Å². The SMILES string of the molecule is COC(=O)Cc1cc(Oc2c(C)cc(F)cc2C)cs1. The molecule has 3 nitrogen and oxygen atoms in total. The lowest BCUT2D eigenvalue weighted by atomic mass is 10.1. The van der Waals surface area contributed by atoms with Gasteiger partial charge in [0, 0.05) is 10.3 Å². The van der Waals surface area contributed by atoms with Crippen molar-refractivity contribution in [3.05, 3.63) is 45.4 Å². The molecule has 106 valence electrons. The minimum atomic E-state index is -0.285. The molecule has 2 aromatic rings. The molecule has 0 unspecified atom stereocenters. The number of halogens is 1. The fraction of sp³-hybridized carbons (Fsp3) is 0.267. The van der Waals surface area contributed by atoms with Crippen LogP contribution < -0.4 is 4.74 Å². The van der Waals surface area contributed by atoms with E-state index >= 15 is 0 Å². The fourth-order valence-corrected chi connectivity index (χ4v) is 2.67. The van der Waals surface area contributed by atoms with Gasteiger partial charge in [-0.3, -0.25) is 4.79 Å². The fourth-order valence-electron chi connectivity index (χ4n) is 1.90. The van der Waals surface area contributed by atoms with Crippen molar-refractivity contribution in [2.24, 2.45) is 0 Å². The van der Waals surface area contributed by atoms with Crippen molar-refractivity contribution in [2.45, 2.75) is 20.3 Å². The molecule has 5 heteroatoms. The molecule has 0 aliphatic rings. The third kappa shape index (κ3) is 3.36. The zero-order valence-electron chi connectivity index (χ0n) is 11.5. The van der Waals surface area contributed by atoms with E-state index in [2.05, 4.69) is 4.74 Å². The van der Waals surface area contributed by atoms with Crippen LogP contribution >= 0.6 is 11.3 Å². The van der Waals surface area contributed by atoms with Crippen molar-refractivity contribution >= 4 is 17.3 Å². The molecule has 0 atom stereocenters. The molecule has 0 saturated carbocycles. The van der Waals surface area contributed by atoms with Gasteiger partial charge >= 0.3 is 5.97 Å². The van der Waals surface area contributed by atoms with E-state index in [0.29, 0.717) is 11.5 Å². The molecule has 1 aromatic heterocycles. The first-order valence-electron chi connectivity index (χ1n) is 6.08. The molecule has 0 saturated heterocycles. The summed E-state index contributed by atoms with van der Waals surface area (Å²) >= 11 is 1.43. The molecular weight excluding hydrogens is 279 g/mol. The van der Waals surface area contributed by atoms with Crippen LogP contribution in [0.4, 0.5) is 4.39 Å². The van der Waals surface area contributed by atoms with Crippen molar-refractivity contribution in [1.29, 1.82) is 0 Å². The van der Waals surface area contributed by atoms with Crippen LogP contribution in [0, 0.1) is 19.7 Å². The van der Waals surface area contributed by atoms with E-state index in [1.54, 1.807) is 19.9 Å². The standard InChI is InChI=1S/C15H15FO3S/c1-9-4-11(16)5-10(2)15(9)19-12-6-13(20-8-12)7-14(17)18-3/h4-6,8H,7H2,1-3H3. The summed E-state index contributed by atoms with van der Waals surface area (Å²) in [6, 6.07) is 4.66. The van der Waals surface area contributed by atoms with E-state index in [4.69, 9.17) is 4.74 Å². The normalized spacial score (nSPS) is 10.4. The van der Waals surface area contributed by atoms with Crippen LogP contribution in [0.2, 0.25) is 0 Å². The van der Waals surface area contributed by atoms with Crippen LogP contribution in [0.25, 0.3) is 0 Å². The van der Waals surface area contributed by atoms with E-state index in [-0.39, 0.29) is 18.2 Å². The number of benzene rings is 1. The molecular formula is C15H15FO3S. The van der Waals surface area contributed by atoms with Crippen molar-refractivity contribution in [1.82, 2.24) is 0 Å². The number of ether oxygens (including phenoxy) is 2. The Kier molecular flexibility index (Phi) is 4.39. The Morgan fingerprint density at radius 1 is 1.25 bits per heavy atom. The quantitative estimate of drug-likeness (QED) is 0.799. The van der Waals surface area contributed by atoms with E-state index < -0.39 is 0 Å². The highest BCUT2D eigenvalue weighted by molar-refractivity contribution is 7.10. The van der Waals surface area contributed by atoms with E-state index in [1.165, 1.54) is 30.6 Å². The van der Waals surface area contributed by atoms with Gasteiger partial charge in [0.1, 0.15) is 17.3 Å². The first-order valence-corrected chi connectivity index (χ1v) is 6.96. The lowest BCUT2D eigenvalue weighted by Gasteiger charge is -2.10. The molecule has 0 aliphatic carbocycles. The number of thiophene rings is 1. The van der Waals surface area contributed by atoms with Gasteiger partial charge in [-0.1, -0.05) is 0 Å². The van der Waals surface area contributed by atoms with Gasteiger partial charge in [0.15, 0.2) is 0 Å². The lowest BCUT2D eigenvalue weighted by Crippen LogP contribution is -2.02. The highest BCUT2D eigenvalue weighted by atomic mass is 32.1. The molecule has 0 fully saturated rings. The summed E-state index contributed by atoms with van der Waals surface area (Å²) in [7, 11) is 1.36. The minimum Gasteiger partial charge on any atom is -0.469 e. The highest BCUT2D eigenvalue weighted by Gasteiger charge is 2.11. The number of carbonyl (C=O) groups excluding carboxylic acids is 1. The molecule has 0 aliphatic heterocycles. The zero-order chi connectivity index (χ0) is 14.7. The average molecular weight is 294 g/mol. The van der Waals surface area contributed by atoms with Crippen molar-refractivity contribution in [3.8, 4) is 11.5 Å². The van der Waals surface area contributed by atoms with Gasteiger partial charge in [0.25, 0.3) is 0 Å². The zero-order valence-corrected chi connectivity index (χ0v) is 12.3. The van der Waals surface area contributed by atoms with Gasteiger partial charge in [0.2, 0.25) is 0 Å². The second-order valence-corrected chi connectivity index (χ2v) is 5.47. The Labute approximate surface area is 121 Å². The number of esters is 1. The third-order valence-electron chi connectivity index (χ3n) is 2.82. The van der Waals surface area contributed by atoms with Crippen molar-refractivity contribution in [2.75, 3.05) is 7.11 Å². The molecule has 0 bridgehead atoms. The smallest absolute Gasteiger partial charge is 0.310 e. The molecule has 2 rings (SSSR count). The number of carbonyl (C=O) groups is 1. The molecule has 1 heterocycles. The summed E-state index contributed by atoms with van der Waals surface area (Å²) < 4.78 is 23.6. The maximum Gasteiger partial charge on any atom is 0.310 e. The number of methoxy groups -OCH3 is 1. The number of aryl methyl sites for hydroxylation is 2. The van der Waals surface area contributed by atoms with Gasteiger partial charge in [-0.05, 0) is 43.2 Å². The third-order valence-corrected chi connectivity index (χ3v) is 3.74. The predicted molar refractivity (Wildman–Crippen MR) is 76.0 cm³/mol. The van der Waals surface area contributed by atoms with Crippen molar-refractivity contribution in [3.63, 3.8) is 0 Å². The topological polar surface area (TPSA) is 35.5 Å². The minimum absolute atomic E-state index is 0.228. The highest BCUT2D eigenvalue weighted by Crippen LogP contribution is 2.32. The Morgan fingerprint density at radius 3 is 2.50 bits per heavy atom. The van der Waals surface area contributed by atoms with E-state index in [9.17, 15) is 9.18 Å². The lowest BCUT2D eigenvalue weighted by molar-refractivity contribution is -0.139. The van der Waals surface area contributed by atoms with Crippen LogP contribution in [0.5, 0.6) is 11.5 Å². The summed E-state index contributed by atoms with van der Waals surface area (Å²) in [5.41, 5.74) is 1.48. The van der Waals surface area contributed by atoms with Crippen LogP contribution in [0.3, 0.4) is 0 Å². The summed E-state index contributed by atoms with van der Waals surface area (Å²) in [5, 5.41) is 1.82. The van der Waals surface area contributed by atoms with Crippen LogP contribution in [0.15, 0.2) is 23.6 Å². The van der Waals surface area contributed by atoms with Crippen molar-refractivity contribution < 1.29 is 18.7 Å². The van der Waals surface area contributed by atoms with Crippen LogP contribution in [-0.4, -0.2) is 13.1 Å². The summed E-state index contributed by atoms with van der Waals surface area (Å²) in [4.78, 5) is 12.1. The van der Waals surface area contributed by atoms with Gasteiger partial charge in [0.05, 0.1) is 13.5 Å². The van der Waals surface area contributed by atoms with Gasteiger partial charge in [-0.15, -0.1) is 11.3 Å². The van der Waals surface area contributed by atoms with E-state index in [0.717, 1.165) is 16.0 Å². The molecule has 0 amide bonds. The molecule has 1 aromatic carbocycles. The Morgan fingerprint density at radius 2 is 1.90 bits per heavy atom. The number of hydrogen-bond acceptors (Lipinski definition) is 4. The Balaban J connectivity index is 2.17. The predicted octanol–water partition coefficient (Wildman–Crippen LogP) is 4.01.